The van der Waals surface area contributed by atoms with Crippen LogP contribution >= 0.6 is 23.2 Å². The van der Waals surface area contributed by atoms with Gasteiger partial charge in [-0.3, -0.25) is 10.2 Å². The van der Waals surface area contributed by atoms with Gasteiger partial charge in [0.05, 0.1) is 6.61 Å². The Morgan fingerprint density at radius 2 is 1.79 bits per heavy atom. The van der Waals surface area contributed by atoms with Crippen LogP contribution in [0.15, 0.2) is 107 Å². The number of hydrogen-bond donors (Lipinski definition) is 3. The molecule has 4 aromatic rings. The summed E-state index contributed by atoms with van der Waals surface area (Å²) in [6, 6.07) is 29.3. The van der Waals surface area contributed by atoms with E-state index < -0.39 is 17.6 Å². The van der Waals surface area contributed by atoms with Crippen LogP contribution < -0.4 is 15.6 Å². The van der Waals surface area contributed by atoms with Crippen molar-refractivity contribution in [3.05, 3.63) is 140 Å². The van der Waals surface area contributed by atoms with Gasteiger partial charge in [0.15, 0.2) is 11.6 Å². The number of carbonyl (C=O) groups excluding carboxylic acids is 1. The van der Waals surface area contributed by atoms with Crippen LogP contribution in [0.1, 0.15) is 41.2 Å². The Kier molecular flexibility index (Phi) is 11.7. The summed E-state index contributed by atoms with van der Waals surface area (Å²) in [6.45, 7) is 0.913. The minimum atomic E-state index is -1.59. The molecule has 242 valence electrons. The van der Waals surface area contributed by atoms with E-state index in [1.54, 1.807) is 66.7 Å². The van der Waals surface area contributed by atoms with Gasteiger partial charge in [-0.15, -0.1) is 0 Å². The number of amides is 1. The zero-order valence-electron chi connectivity index (χ0n) is 25.5. The molecule has 0 saturated carbocycles. The molecule has 0 bridgehead atoms. The molecule has 4 aromatic carbocycles. The maximum atomic E-state index is 14.4. The maximum absolute atomic E-state index is 14.4. The molecular weight excluding hydrogens is 639 g/mol. The molecule has 3 N–H and O–H groups in total. The smallest absolute Gasteiger partial charge is 0.266 e. The first kappa shape index (κ1) is 33.8. The molecule has 2 atom stereocenters. The molecule has 5 rings (SSSR count). The Bertz CT molecular complexity index is 1750. The fraction of sp³-hybridized carbons (Fsp3) is 0.257. The van der Waals surface area contributed by atoms with E-state index in [4.69, 9.17) is 42.8 Å². The topological polar surface area (TPSA) is 141 Å². The number of nitrogens with zero attached hydrogens (tertiary/aromatic N) is 4. The molecule has 0 fully saturated rings. The molecule has 12 heteroatoms. The second kappa shape index (κ2) is 16.3. The Morgan fingerprint density at radius 3 is 2.53 bits per heavy atom. The van der Waals surface area contributed by atoms with E-state index in [0.29, 0.717) is 57.7 Å². The third-order valence-electron chi connectivity index (χ3n) is 7.69. The maximum Gasteiger partial charge on any atom is 0.266 e. The van der Waals surface area contributed by atoms with E-state index >= 15 is 0 Å². The fourth-order valence-corrected chi connectivity index (χ4v) is 5.85. The van der Waals surface area contributed by atoms with Crippen LogP contribution in [-0.4, -0.2) is 42.2 Å². The number of aliphatic hydroxyl groups excluding tert-OH is 1. The lowest BCUT2D eigenvalue weighted by Gasteiger charge is -2.31. The zero-order chi connectivity index (χ0) is 33.1. The molecular formula is C35H34Cl2N6O4. The number of benzene rings is 4. The fourth-order valence-electron chi connectivity index (χ4n) is 5.35. The number of aryl methyl sites for hydroxylation is 1. The van der Waals surface area contributed by atoms with Gasteiger partial charge in [0, 0.05) is 57.8 Å². The number of aliphatic hydroxyl groups is 1. The molecule has 0 spiro atoms. The summed E-state index contributed by atoms with van der Waals surface area (Å²) in [7, 11) is 0. The number of hydrazine groups is 1. The van der Waals surface area contributed by atoms with Crippen LogP contribution in [0.3, 0.4) is 0 Å². The molecule has 47 heavy (non-hydrogen) atoms. The first-order chi connectivity index (χ1) is 22.9. The molecule has 0 saturated heterocycles. The van der Waals surface area contributed by atoms with E-state index in [9.17, 15) is 10.3 Å². The highest BCUT2D eigenvalue weighted by Crippen LogP contribution is 2.46. The number of carbonyl (C=O) groups is 1. The summed E-state index contributed by atoms with van der Waals surface area (Å²) >= 11 is 13.0. The van der Waals surface area contributed by atoms with E-state index in [0.717, 1.165) is 12.8 Å². The Hall–Kier alpha value is -4.57. The van der Waals surface area contributed by atoms with Crippen molar-refractivity contribution < 1.29 is 19.4 Å². The van der Waals surface area contributed by atoms with E-state index in [-0.39, 0.29) is 18.9 Å². The molecule has 0 aromatic heterocycles. The third kappa shape index (κ3) is 8.43. The minimum Gasteiger partial charge on any atom is -0.494 e. The largest absolute Gasteiger partial charge is 0.494 e. The van der Waals surface area contributed by atoms with Crippen molar-refractivity contribution in [1.82, 2.24) is 10.9 Å². The molecule has 1 amide bonds. The molecule has 1 aliphatic heterocycles. The second-order valence-electron chi connectivity index (χ2n) is 10.9. The van der Waals surface area contributed by atoms with E-state index in [1.165, 1.54) is 5.56 Å². The lowest BCUT2D eigenvalue weighted by atomic mass is 9.81. The molecule has 10 nitrogen and oxygen atoms in total. The van der Waals surface area contributed by atoms with Gasteiger partial charge in [-0.2, -0.15) is 0 Å². The van der Waals surface area contributed by atoms with Crippen molar-refractivity contribution in [1.29, 1.82) is 0 Å². The van der Waals surface area contributed by atoms with Gasteiger partial charge in [0.1, 0.15) is 5.75 Å². The Labute approximate surface area is 282 Å². The van der Waals surface area contributed by atoms with Crippen molar-refractivity contribution in [3.63, 3.8) is 0 Å². The van der Waals surface area contributed by atoms with Crippen LogP contribution in [0, 0.1) is 0 Å². The summed E-state index contributed by atoms with van der Waals surface area (Å²) in [5, 5.41) is 13.7. The van der Waals surface area contributed by atoms with Gasteiger partial charge in [-0.05, 0) is 65.9 Å². The molecule has 0 radical (unpaired) electrons. The standard InChI is InChI=1S/C35H34Cl2N6O4/c36-27-15-18-29(30(37)22-27)32-35(23-26-11-4-5-12-31(26)41-43-38,34(45)42-39-19-6-10-24-8-2-1-3-9-24)40-33(47-32)25-13-16-28(17-14-25)46-21-7-20-44/h1-5,8-9,11-18,22,32,39,44H,6-7,10,19-21,23H2,(H,42,45)/t32-,35-/m0/s1. The summed E-state index contributed by atoms with van der Waals surface area (Å²) < 4.78 is 12.2. The monoisotopic (exact) mass is 672 g/mol. The zero-order valence-corrected chi connectivity index (χ0v) is 27.0. The number of hydrogen-bond acceptors (Lipinski definition) is 7. The highest BCUT2D eigenvalue weighted by Gasteiger charge is 2.54. The van der Waals surface area contributed by atoms with Crippen molar-refractivity contribution in [2.75, 3.05) is 19.8 Å². The van der Waals surface area contributed by atoms with Gasteiger partial charge >= 0.3 is 0 Å². The van der Waals surface area contributed by atoms with Gasteiger partial charge < -0.3 is 14.6 Å². The van der Waals surface area contributed by atoms with Crippen molar-refractivity contribution >= 4 is 40.7 Å². The Balaban J connectivity index is 1.51. The van der Waals surface area contributed by atoms with Gasteiger partial charge in [-0.25, -0.2) is 10.4 Å². The SMILES string of the molecule is [N-]=[N+]=Nc1ccccc1C[C@]1(C(=O)NNCCCc2ccccc2)N=C(c2ccc(OCCCO)cc2)O[C@H]1c1ccc(Cl)cc1Cl. The van der Waals surface area contributed by atoms with Gasteiger partial charge in [0.2, 0.25) is 5.90 Å². The molecule has 1 heterocycles. The van der Waals surface area contributed by atoms with Gasteiger partial charge in [-0.1, -0.05) is 89.0 Å². The van der Waals surface area contributed by atoms with Crippen LogP contribution in [-0.2, 0) is 22.4 Å². The first-order valence-electron chi connectivity index (χ1n) is 15.2. The van der Waals surface area contributed by atoms with Crippen LogP contribution in [0.25, 0.3) is 10.4 Å². The average Bonchev–Trinajstić information content (AvgIpc) is 3.46. The second-order valence-corrected chi connectivity index (χ2v) is 11.8. The highest BCUT2D eigenvalue weighted by atomic mass is 35.5. The van der Waals surface area contributed by atoms with Crippen molar-refractivity contribution in [2.45, 2.75) is 37.3 Å². The molecule has 0 unspecified atom stereocenters. The number of rotatable bonds is 15. The third-order valence-corrected chi connectivity index (χ3v) is 8.25. The summed E-state index contributed by atoms with van der Waals surface area (Å²) in [6.07, 6.45) is 1.17. The highest BCUT2D eigenvalue weighted by molar-refractivity contribution is 6.35. The molecule has 1 aliphatic rings. The number of halogens is 2. The van der Waals surface area contributed by atoms with Crippen LogP contribution in [0.5, 0.6) is 5.75 Å². The average molecular weight is 674 g/mol. The van der Waals surface area contributed by atoms with Crippen molar-refractivity contribution in [3.8, 4) is 5.75 Å². The van der Waals surface area contributed by atoms with Crippen LogP contribution in [0.2, 0.25) is 10.0 Å². The Morgan fingerprint density at radius 1 is 1.02 bits per heavy atom. The van der Waals surface area contributed by atoms with E-state index in [1.807, 2.05) is 18.2 Å². The predicted octanol–water partition coefficient (Wildman–Crippen LogP) is 7.45. The number of ether oxygens (including phenoxy) is 2. The van der Waals surface area contributed by atoms with Gasteiger partial charge in [0.25, 0.3) is 5.91 Å². The normalized spacial score (nSPS) is 16.9. The first-order valence-corrected chi connectivity index (χ1v) is 15.9. The van der Waals surface area contributed by atoms with E-state index in [2.05, 4.69) is 33.0 Å². The quantitative estimate of drug-likeness (QED) is 0.0395. The lowest BCUT2D eigenvalue weighted by molar-refractivity contribution is -0.130. The lowest BCUT2D eigenvalue weighted by Crippen LogP contribution is -2.54. The number of azide groups is 1. The predicted molar refractivity (Wildman–Crippen MR) is 183 cm³/mol. The summed E-state index contributed by atoms with van der Waals surface area (Å²) in [5.41, 5.74) is 16.9. The molecule has 0 aliphatic carbocycles. The summed E-state index contributed by atoms with van der Waals surface area (Å²) in [4.78, 5) is 22.4. The number of aliphatic imine (C=N–C) groups is 1. The van der Waals surface area contributed by atoms with Crippen LogP contribution in [0.4, 0.5) is 5.69 Å². The minimum absolute atomic E-state index is 0.0230. The van der Waals surface area contributed by atoms with Crippen molar-refractivity contribution in [2.24, 2.45) is 10.1 Å². The summed E-state index contributed by atoms with van der Waals surface area (Å²) in [5.74, 6) is 0.386. The number of nitrogens with one attached hydrogen (secondary N) is 2.